The number of halogens is 1. The third kappa shape index (κ3) is 6.19. The van der Waals surface area contributed by atoms with Crippen LogP contribution in [0.1, 0.15) is 5.56 Å². The van der Waals surface area contributed by atoms with Crippen LogP contribution in [0.5, 0.6) is 5.75 Å². The minimum Gasteiger partial charge on any atom is -0.495 e. The Bertz CT molecular complexity index is 1200. The SMILES string of the molecule is CNc1nc(-c2ccc(OC)c(NC(=O)CN(Cc3ccc(Cl)cc3)S(C)(=O)=O)c2)cs1. The lowest BCUT2D eigenvalue weighted by molar-refractivity contribution is -0.116. The highest BCUT2D eigenvalue weighted by Gasteiger charge is 2.21. The van der Waals surface area contributed by atoms with E-state index in [4.69, 9.17) is 16.3 Å². The molecule has 1 aromatic heterocycles. The van der Waals surface area contributed by atoms with E-state index in [9.17, 15) is 13.2 Å². The summed E-state index contributed by atoms with van der Waals surface area (Å²) in [5.41, 5.74) is 2.68. The van der Waals surface area contributed by atoms with Crippen molar-refractivity contribution in [1.29, 1.82) is 0 Å². The number of ether oxygens (including phenoxy) is 1. The molecule has 0 saturated heterocycles. The van der Waals surface area contributed by atoms with Crippen molar-refractivity contribution in [3.8, 4) is 17.0 Å². The van der Waals surface area contributed by atoms with Crippen LogP contribution in [-0.4, -0.2) is 50.6 Å². The molecule has 0 bridgehead atoms. The number of carbonyl (C=O) groups is 1. The van der Waals surface area contributed by atoms with Crippen LogP contribution in [0.25, 0.3) is 11.3 Å². The van der Waals surface area contributed by atoms with Crippen molar-refractivity contribution in [3.05, 3.63) is 58.4 Å². The monoisotopic (exact) mass is 494 g/mol. The molecule has 0 aliphatic rings. The Hall–Kier alpha value is -2.66. The molecule has 8 nitrogen and oxygen atoms in total. The first-order valence-electron chi connectivity index (χ1n) is 9.50. The molecule has 2 aromatic carbocycles. The molecule has 0 aliphatic carbocycles. The first kappa shape index (κ1) is 24.0. The maximum Gasteiger partial charge on any atom is 0.239 e. The molecule has 0 saturated carbocycles. The van der Waals surface area contributed by atoms with Crippen molar-refractivity contribution >= 4 is 49.7 Å². The summed E-state index contributed by atoms with van der Waals surface area (Å²) in [6.45, 7) is -0.304. The Morgan fingerprint density at radius 2 is 1.94 bits per heavy atom. The van der Waals surface area contributed by atoms with Crippen molar-refractivity contribution in [2.75, 3.05) is 37.6 Å². The van der Waals surface area contributed by atoms with Gasteiger partial charge in [0.2, 0.25) is 15.9 Å². The molecule has 0 atom stereocenters. The fourth-order valence-corrected chi connectivity index (χ4v) is 4.46. The summed E-state index contributed by atoms with van der Waals surface area (Å²) in [7, 11) is -0.347. The molecule has 3 aromatic rings. The minimum atomic E-state index is -3.63. The van der Waals surface area contributed by atoms with Crippen molar-refractivity contribution in [3.63, 3.8) is 0 Å². The zero-order valence-electron chi connectivity index (χ0n) is 17.8. The van der Waals surface area contributed by atoms with E-state index in [0.29, 0.717) is 16.5 Å². The van der Waals surface area contributed by atoms with Crippen LogP contribution in [0, 0.1) is 0 Å². The van der Waals surface area contributed by atoms with Gasteiger partial charge in [-0.25, -0.2) is 13.4 Å². The fourth-order valence-electron chi connectivity index (χ4n) is 2.92. The third-order valence-electron chi connectivity index (χ3n) is 4.55. The average molecular weight is 495 g/mol. The van der Waals surface area contributed by atoms with Gasteiger partial charge in [0.15, 0.2) is 5.13 Å². The molecular formula is C21H23ClN4O4S2. The number of methoxy groups -OCH3 is 1. The van der Waals surface area contributed by atoms with Gasteiger partial charge in [-0.3, -0.25) is 4.79 Å². The number of hydrogen-bond donors (Lipinski definition) is 2. The smallest absolute Gasteiger partial charge is 0.239 e. The molecule has 170 valence electrons. The van der Waals surface area contributed by atoms with Crippen molar-refractivity contribution < 1.29 is 17.9 Å². The number of benzene rings is 2. The van der Waals surface area contributed by atoms with Crippen LogP contribution in [0.4, 0.5) is 10.8 Å². The van der Waals surface area contributed by atoms with Crippen LogP contribution >= 0.6 is 22.9 Å². The summed E-state index contributed by atoms with van der Waals surface area (Å²) in [5.74, 6) is -0.0381. The van der Waals surface area contributed by atoms with Gasteiger partial charge < -0.3 is 15.4 Å². The van der Waals surface area contributed by atoms with E-state index in [1.807, 2.05) is 11.4 Å². The number of amides is 1. The van der Waals surface area contributed by atoms with E-state index in [2.05, 4.69) is 15.6 Å². The molecule has 0 radical (unpaired) electrons. The number of thiazole rings is 1. The number of sulfonamides is 1. The zero-order chi connectivity index (χ0) is 23.3. The Balaban J connectivity index is 1.79. The molecule has 1 amide bonds. The average Bonchev–Trinajstić information content (AvgIpc) is 3.23. The summed E-state index contributed by atoms with van der Waals surface area (Å²) < 4.78 is 31.0. The van der Waals surface area contributed by atoms with Gasteiger partial charge in [0.25, 0.3) is 0 Å². The van der Waals surface area contributed by atoms with Crippen LogP contribution in [-0.2, 0) is 21.4 Å². The van der Waals surface area contributed by atoms with Gasteiger partial charge in [-0.2, -0.15) is 4.31 Å². The highest BCUT2D eigenvalue weighted by molar-refractivity contribution is 7.88. The van der Waals surface area contributed by atoms with Gasteiger partial charge >= 0.3 is 0 Å². The number of carbonyl (C=O) groups excluding carboxylic acids is 1. The summed E-state index contributed by atoms with van der Waals surface area (Å²) in [6, 6.07) is 12.1. The zero-order valence-corrected chi connectivity index (χ0v) is 20.1. The van der Waals surface area contributed by atoms with E-state index in [-0.39, 0.29) is 13.1 Å². The summed E-state index contributed by atoms with van der Waals surface area (Å²) in [6.07, 6.45) is 1.07. The summed E-state index contributed by atoms with van der Waals surface area (Å²) in [4.78, 5) is 17.2. The highest BCUT2D eigenvalue weighted by Crippen LogP contribution is 2.32. The van der Waals surface area contributed by atoms with Gasteiger partial charge in [-0.15, -0.1) is 11.3 Å². The molecule has 0 unspecified atom stereocenters. The Morgan fingerprint density at radius 3 is 2.53 bits per heavy atom. The summed E-state index contributed by atoms with van der Waals surface area (Å²) in [5, 5.41) is 8.96. The first-order chi connectivity index (χ1) is 15.2. The molecule has 2 N–H and O–H groups in total. The van der Waals surface area contributed by atoms with Gasteiger partial charge in [0.05, 0.1) is 31.3 Å². The van der Waals surface area contributed by atoms with Gasteiger partial charge in [0.1, 0.15) is 5.75 Å². The number of rotatable bonds is 9. The van der Waals surface area contributed by atoms with Crippen molar-refractivity contribution in [1.82, 2.24) is 9.29 Å². The van der Waals surface area contributed by atoms with Gasteiger partial charge in [0, 0.05) is 29.6 Å². The van der Waals surface area contributed by atoms with Crippen molar-refractivity contribution in [2.24, 2.45) is 0 Å². The fraction of sp³-hybridized carbons (Fsp3) is 0.238. The Kier molecular flexibility index (Phi) is 7.73. The largest absolute Gasteiger partial charge is 0.495 e. The maximum absolute atomic E-state index is 12.8. The lowest BCUT2D eigenvalue weighted by Gasteiger charge is -2.20. The molecule has 11 heteroatoms. The van der Waals surface area contributed by atoms with E-state index in [1.165, 1.54) is 18.4 Å². The van der Waals surface area contributed by atoms with Crippen LogP contribution in [0.3, 0.4) is 0 Å². The number of anilines is 2. The third-order valence-corrected chi connectivity index (χ3v) is 6.86. The second-order valence-electron chi connectivity index (χ2n) is 6.91. The van der Waals surface area contributed by atoms with Crippen LogP contribution < -0.4 is 15.4 Å². The highest BCUT2D eigenvalue weighted by atomic mass is 35.5. The molecule has 3 rings (SSSR count). The second-order valence-corrected chi connectivity index (χ2v) is 10.2. The molecule has 1 heterocycles. The first-order valence-corrected chi connectivity index (χ1v) is 12.6. The van der Waals surface area contributed by atoms with Crippen molar-refractivity contribution in [2.45, 2.75) is 6.54 Å². The predicted octanol–water partition coefficient (Wildman–Crippen LogP) is 3.91. The number of nitrogens with one attached hydrogen (secondary N) is 2. The standard InChI is InChI=1S/C21H23ClN4O4S2/c1-23-21-25-18(13-31-21)15-6-9-19(30-2)17(10-15)24-20(27)12-26(32(3,28)29)11-14-4-7-16(22)8-5-14/h4-10,13H,11-12H2,1-3H3,(H,23,25)(H,24,27). The van der Waals surface area contributed by atoms with Gasteiger partial charge in [-0.1, -0.05) is 23.7 Å². The molecule has 0 spiro atoms. The summed E-state index contributed by atoms with van der Waals surface area (Å²) >= 11 is 7.36. The lowest BCUT2D eigenvalue weighted by Crippen LogP contribution is -2.36. The molecule has 32 heavy (non-hydrogen) atoms. The van der Waals surface area contributed by atoms with E-state index < -0.39 is 15.9 Å². The molecular weight excluding hydrogens is 472 g/mol. The van der Waals surface area contributed by atoms with Gasteiger partial charge in [-0.05, 0) is 35.9 Å². The number of hydrogen-bond acceptors (Lipinski definition) is 7. The topological polar surface area (TPSA) is 101 Å². The lowest BCUT2D eigenvalue weighted by atomic mass is 10.1. The molecule has 0 fully saturated rings. The second kappa shape index (κ2) is 10.3. The minimum absolute atomic E-state index is 0.0478. The normalized spacial score (nSPS) is 11.4. The molecule has 0 aliphatic heterocycles. The Morgan fingerprint density at radius 1 is 1.22 bits per heavy atom. The predicted molar refractivity (Wildman–Crippen MR) is 129 cm³/mol. The van der Waals surface area contributed by atoms with E-state index in [1.54, 1.807) is 43.4 Å². The number of aromatic nitrogens is 1. The van der Waals surface area contributed by atoms with E-state index in [0.717, 1.165) is 32.5 Å². The maximum atomic E-state index is 12.8. The van der Waals surface area contributed by atoms with Crippen LogP contribution in [0.15, 0.2) is 47.8 Å². The van der Waals surface area contributed by atoms with E-state index >= 15 is 0 Å². The van der Waals surface area contributed by atoms with Crippen LogP contribution in [0.2, 0.25) is 5.02 Å². The number of nitrogens with zero attached hydrogens (tertiary/aromatic N) is 2. The quantitative estimate of drug-likeness (QED) is 0.467. The Labute approximate surface area is 196 Å².